The van der Waals surface area contributed by atoms with Crippen LogP contribution in [-0.4, -0.2) is 18.2 Å². The summed E-state index contributed by atoms with van der Waals surface area (Å²) in [6, 6.07) is 7.10. The molecule has 6 nitrogen and oxygen atoms in total. The number of carbonyl (C=O) groups excluding carboxylic acids is 2. The van der Waals surface area contributed by atoms with Gasteiger partial charge in [0.2, 0.25) is 5.91 Å². The van der Waals surface area contributed by atoms with Gasteiger partial charge in [-0.15, -0.1) is 13.2 Å². The number of rotatable bonds is 6. The molecule has 36 heavy (non-hydrogen) atoms. The zero-order valence-corrected chi connectivity index (χ0v) is 17.4. The van der Waals surface area contributed by atoms with Crippen molar-refractivity contribution in [2.75, 3.05) is 5.32 Å². The first-order valence-electron chi connectivity index (χ1n) is 9.50. The molecule has 0 aliphatic carbocycles. The van der Waals surface area contributed by atoms with Gasteiger partial charge in [0.15, 0.2) is 17.4 Å². The van der Waals surface area contributed by atoms with Crippen LogP contribution in [0.5, 0.6) is 17.2 Å². The second-order valence-electron chi connectivity index (χ2n) is 6.94. The number of benzene rings is 3. The van der Waals surface area contributed by atoms with Gasteiger partial charge in [0.05, 0.1) is 5.56 Å². The van der Waals surface area contributed by atoms with Gasteiger partial charge in [0.1, 0.15) is 17.1 Å². The maximum Gasteiger partial charge on any atom is 0.573 e. The van der Waals surface area contributed by atoms with Crippen LogP contribution in [0.1, 0.15) is 26.3 Å². The third-order valence-corrected chi connectivity index (χ3v) is 4.40. The number of hydrogen-bond donors (Lipinski definition) is 2. The van der Waals surface area contributed by atoms with Crippen molar-refractivity contribution in [2.24, 2.45) is 5.73 Å². The third kappa shape index (κ3) is 6.20. The van der Waals surface area contributed by atoms with Crippen molar-refractivity contribution in [3.63, 3.8) is 0 Å². The highest BCUT2D eigenvalue weighted by molar-refractivity contribution is 6.07. The fourth-order valence-electron chi connectivity index (χ4n) is 2.90. The minimum atomic E-state index is -5.23. The summed E-state index contributed by atoms with van der Waals surface area (Å²) in [6.07, 6.45) is -10.4. The van der Waals surface area contributed by atoms with Crippen molar-refractivity contribution in [2.45, 2.75) is 12.5 Å². The van der Waals surface area contributed by atoms with Gasteiger partial charge in [0, 0.05) is 17.3 Å². The summed E-state index contributed by atoms with van der Waals surface area (Å²) in [5.41, 5.74) is 1.73. The molecule has 0 fully saturated rings. The molecule has 0 saturated heterocycles. The van der Waals surface area contributed by atoms with Crippen LogP contribution in [0.2, 0.25) is 0 Å². The average Bonchev–Trinajstić information content (AvgIpc) is 2.73. The molecule has 190 valence electrons. The molecule has 0 atom stereocenters. The summed E-state index contributed by atoms with van der Waals surface area (Å²) in [5, 5.41) is 2.08. The molecule has 3 aromatic carbocycles. The van der Waals surface area contributed by atoms with Crippen molar-refractivity contribution < 1.29 is 54.2 Å². The molecule has 3 rings (SSSR count). The molecule has 14 heteroatoms. The van der Waals surface area contributed by atoms with Gasteiger partial charge < -0.3 is 20.5 Å². The van der Waals surface area contributed by atoms with E-state index in [0.29, 0.717) is 18.2 Å². The number of ether oxygens (including phenoxy) is 2. The van der Waals surface area contributed by atoms with E-state index < -0.39 is 64.4 Å². The SMILES string of the molecule is NC(=O)c1cccc(NC(=O)c2c(Oc3ccc(OC(F)(F)F)cc3F)ccc(C(F)(F)F)c2F)c1. The third-order valence-electron chi connectivity index (χ3n) is 4.40. The number of alkyl halides is 6. The Hall–Kier alpha value is -4.36. The van der Waals surface area contributed by atoms with E-state index in [2.05, 4.69) is 10.1 Å². The molecule has 0 aromatic heterocycles. The van der Waals surface area contributed by atoms with Crippen LogP contribution < -0.4 is 20.5 Å². The van der Waals surface area contributed by atoms with Gasteiger partial charge in [-0.1, -0.05) is 6.07 Å². The Kier molecular flexibility index (Phi) is 7.08. The number of halogens is 8. The maximum atomic E-state index is 14.9. The van der Waals surface area contributed by atoms with E-state index in [1.807, 2.05) is 0 Å². The standard InChI is InChI=1S/C22H12F8N2O4/c23-14-9-12(36-22(28,29)30)4-6-15(14)35-16-7-5-13(21(25,26)27)18(24)17(16)20(34)32-11-3-1-2-10(8-11)19(31)33/h1-9H,(H2,31,33)(H,32,34). The van der Waals surface area contributed by atoms with E-state index in [-0.39, 0.29) is 23.4 Å². The Balaban J connectivity index is 2.02. The Morgan fingerprint density at radius 3 is 2.11 bits per heavy atom. The van der Waals surface area contributed by atoms with E-state index in [9.17, 15) is 44.7 Å². The van der Waals surface area contributed by atoms with Gasteiger partial charge in [-0.3, -0.25) is 9.59 Å². The summed E-state index contributed by atoms with van der Waals surface area (Å²) >= 11 is 0. The van der Waals surface area contributed by atoms with E-state index in [4.69, 9.17) is 10.5 Å². The monoisotopic (exact) mass is 520 g/mol. The quantitative estimate of drug-likeness (QED) is 0.389. The van der Waals surface area contributed by atoms with Gasteiger partial charge in [-0.2, -0.15) is 13.2 Å². The topological polar surface area (TPSA) is 90.7 Å². The predicted octanol–water partition coefficient (Wildman–Crippen LogP) is 6.03. The van der Waals surface area contributed by atoms with E-state index in [1.165, 1.54) is 18.2 Å². The second-order valence-corrected chi connectivity index (χ2v) is 6.94. The highest BCUT2D eigenvalue weighted by Crippen LogP contribution is 2.38. The van der Waals surface area contributed by atoms with E-state index in [1.54, 1.807) is 0 Å². The molecule has 3 aromatic rings. The highest BCUT2D eigenvalue weighted by atomic mass is 19.4. The first-order chi connectivity index (χ1) is 16.7. The van der Waals surface area contributed by atoms with E-state index in [0.717, 1.165) is 6.07 Å². The van der Waals surface area contributed by atoms with Crippen LogP contribution in [0.3, 0.4) is 0 Å². The minimum Gasteiger partial charge on any atom is -0.453 e. The van der Waals surface area contributed by atoms with Crippen molar-refractivity contribution >= 4 is 17.5 Å². The lowest BCUT2D eigenvalue weighted by atomic mass is 10.1. The van der Waals surface area contributed by atoms with Crippen LogP contribution >= 0.6 is 0 Å². The van der Waals surface area contributed by atoms with Gasteiger partial charge >= 0.3 is 12.5 Å². The smallest absolute Gasteiger partial charge is 0.453 e. The molecule has 0 heterocycles. The van der Waals surface area contributed by atoms with Crippen LogP contribution in [0.15, 0.2) is 54.6 Å². The summed E-state index contributed by atoms with van der Waals surface area (Å²) in [7, 11) is 0. The van der Waals surface area contributed by atoms with Crippen LogP contribution in [0, 0.1) is 11.6 Å². The van der Waals surface area contributed by atoms with Crippen molar-refractivity contribution in [1.82, 2.24) is 0 Å². The number of nitrogens with two attached hydrogens (primary N) is 1. The molecule has 0 unspecified atom stereocenters. The average molecular weight is 520 g/mol. The molecule has 0 aliphatic heterocycles. The second kappa shape index (κ2) is 9.71. The summed E-state index contributed by atoms with van der Waals surface area (Å²) in [5.74, 6) is -8.63. The fourth-order valence-corrected chi connectivity index (χ4v) is 2.90. The van der Waals surface area contributed by atoms with Crippen molar-refractivity contribution in [3.8, 4) is 17.2 Å². The predicted molar refractivity (Wildman–Crippen MR) is 107 cm³/mol. The number of carbonyl (C=O) groups is 2. The number of primary amides is 1. The van der Waals surface area contributed by atoms with Gasteiger partial charge in [0.25, 0.3) is 5.91 Å². The molecule has 0 bridgehead atoms. The van der Waals surface area contributed by atoms with Crippen molar-refractivity contribution in [3.05, 3.63) is 82.9 Å². The summed E-state index contributed by atoms with van der Waals surface area (Å²) in [4.78, 5) is 24.1. The zero-order valence-electron chi connectivity index (χ0n) is 17.4. The lowest BCUT2D eigenvalue weighted by Crippen LogP contribution is -2.19. The number of anilines is 1. The van der Waals surface area contributed by atoms with Crippen LogP contribution in [-0.2, 0) is 6.18 Å². The van der Waals surface area contributed by atoms with Crippen LogP contribution in [0.4, 0.5) is 40.8 Å². The first kappa shape index (κ1) is 26.2. The maximum absolute atomic E-state index is 14.9. The molecule has 0 radical (unpaired) electrons. The van der Waals surface area contributed by atoms with Gasteiger partial charge in [-0.25, -0.2) is 8.78 Å². The molecule has 0 aliphatic rings. The Morgan fingerprint density at radius 1 is 0.861 bits per heavy atom. The Labute approximate surface area is 196 Å². The summed E-state index contributed by atoms with van der Waals surface area (Å²) < 4.78 is 114. The normalized spacial score (nSPS) is 11.7. The molecule has 2 amide bonds. The molecular weight excluding hydrogens is 508 g/mol. The lowest BCUT2D eigenvalue weighted by molar-refractivity contribution is -0.274. The summed E-state index contributed by atoms with van der Waals surface area (Å²) in [6.45, 7) is 0. The number of hydrogen-bond acceptors (Lipinski definition) is 4. The molecule has 0 spiro atoms. The largest absolute Gasteiger partial charge is 0.573 e. The van der Waals surface area contributed by atoms with Crippen LogP contribution in [0.25, 0.3) is 0 Å². The first-order valence-corrected chi connectivity index (χ1v) is 9.50. The minimum absolute atomic E-state index is 0.0861. The van der Waals surface area contributed by atoms with Gasteiger partial charge in [-0.05, 0) is 42.5 Å². The van der Waals surface area contributed by atoms with E-state index >= 15 is 0 Å². The number of nitrogens with one attached hydrogen (secondary N) is 1. The Morgan fingerprint density at radius 2 is 1.53 bits per heavy atom. The zero-order chi connectivity index (χ0) is 26.8. The molecule has 0 saturated carbocycles. The molecule has 3 N–H and O–H groups in total. The lowest BCUT2D eigenvalue weighted by Gasteiger charge is -2.17. The molecular formula is C22H12F8N2O4. The van der Waals surface area contributed by atoms with Crippen molar-refractivity contribution in [1.29, 1.82) is 0 Å². The Bertz CT molecular complexity index is 1320. The highest BCUT2D eigenvalue weighted by Gasteiger charge is 2.37. The fraction of sp³-hybridized carbons (Fsp3) is 0.0909. The number of amides is 2.